The van der Waals surface area contributed by atoms with Gasteiger partial charge in [0.1, 0.15) is 19.0 Å². The van der Waals surface area contributed by atoms with E-state index in [-0.39, 0.29) is 0 Å². The summed E-state index contributed by atoms with van der Waals surface area (Å²) >= 11 is 0. The van der Waals surface area contributed by atoms with Gasteiger partial charge < -0.3 is 20.2 Å². The number of benzene rings is 1. The average molecular weight is 273 g/mol. The molecule has 5 heteroatoms. The van der Waals surface area contributed by atoms with Crippen LogP contribution in [-0.2, 0) is 0 Å². The topological polar surface area (TPSA) is 73.2 Å². The van der Waals surface area contributed by atoms with Crippen LogP contribution in [0.15, 0.2) is 12.1 Å². The first-order chi connectivity index (χ1) is 9.79. The van der Waals surface area contributed by atoms with Crippen LogP contribution in [0.2, 0.25) is 0 Å². The summed E-state index contributed by atoms with van der Waals surface area (Å²) in [6.45, 7) is 1.22. The molecular formula is C15H19N3O2. The monoisotopic (exact) mass is 273 g/mol. The Balaban J connectivity index is 1.68. The van der Waals surface area contributed by atoms with Gasteiger partial charge in [0, 0.05) is 24.1 Å². The maximum atomic E-state index is 5.97. The Morgan fingerprint density at radius 3 is 2.50 bits per heavy atom. The van der Waals surface area contributed by atoms with Crippen molar-refractivity contribution in [1.29, 1.82) is 0 Å². The largest absolute Gasteiger partial charge is 0.486 e. The van der Waals surface area contributed by atoms with Crippen molar-refractivity contribution < 1.29 is 9.47 Å². The van der Waals surface area contributed by atoms with Gasteiger partial charge in [0.05, 0.1) is 11.0 Å². The van der Waals surface area contributed by atoms with Crippen LogP contribution in [0.1, 0.15) is 37.4 Å². The molecule has 1 aromatic heterocycles. The van der Waals surface area contributed by atoms with E-state index in [4.69, 9.17) is 20.2 Å². The Labute approximate surface area is 117 Å². The van der Waals surface area contributed by atoms with E-state index in [2.05, 4.69) is 4.98 Å². The Kier molecular flexibility index (Phi) is 2.80. The second-order valence-corrected chi connectivity index (χ2v) is 5.75. The van der Waals surface area contributed by atoms with Crippen molar-refractivity contribution in [1.82, 2.24) is 9.97 Å². The fraction of sp³-hybridized carbons (Fsp3) is 0.533. The first kappa shape index (κ1) is 12.0. The maximum Gasteiger partial charge on any atom is 0.163 e. The second kappa shape index (κ2) is 4.66. The molecule has 20 heavy (non-hydrogen) atoms. The van der Waals surface area contributed by atoms with Gasteiger partial charge in [-0.2, -0.15) is 0 Å². The third kappa shape index (κ3) is 2.02. The van der Waals surface area contributed by atoms with Crippen molar-refractivity contribution >= 4 is 11.0 Å². The molecule has 1 saturated carbocycles. The molecule has 0 radical (unpaired) electrons. The van der Waals surface area contributed by atoms with Crippen molar-refractivity contribution in [3.05, 3.63) is 18.0 Å². The summed E-state index contributed by atoms with van der Waals surface area (Å²) in [7, 11) is 0. The lowest BCUT2D eigenvalue weighted by Crippen LogP contribution is -2.26. The molecule has 0 atom stereocenters. The molecule has 1 aliphatic carbocycles. The number of imidazole rings is 1. The quantitative estimate of drug-likeness (QED) is 0.836. The van der Waals surface area contributed by atoms with Gasteiger partial charge >= 0.3 is 0 Å². The predicted octanol–water partition coefficient (Wildman–Crippen LogP) is 2.32. The highest BCUT2D eigenvalue weighted by Crippen LogP contribution is 2.36. The zero-order chi connectivity index (χ0) is 13.5. The lowest BCUT2D eigenvalue weighted by molar-refractivity contribution is 0.172. The van der Waals surface area contributed by atoms with Crippen LogP contribution < -0.4 is 15.2 Å². The Hall–Kier alpha value is -1.75. The third-order valence-electron chi connectivity index (χ3n) is 4.32. The summed E-state index contributed by atoms with van der Waals surface area (Å²) in [5.74, 6) is 3.19. The summed E-state index contributed by atoms with van der Waals surface area (Å²) < 4.78 is 11.2. The number of H-pyrrole nitrogens is 1. The number of nitrogens with two attached hydrogens (primary N) is 1. The summed E-state index contributed by atoms with van der Waals surface area (Å²) in [5, 5.41) is 0. The van der Waals surface area contributed by atoms with Gasteiger partial charge in [0.2, 0.25) is 0 Å². The van der Waals surface area contributed by atoms with Crippen LogP contribution in [0.3, 0.4) is 0 Å². The van der Waals surface area contributed by atoms with Gasteiger partial charge in [-0.05, 0) is 25.7 Å². The molecule has 4 rings (SSSR count). The van der Waals surface area contributed by atoms with Crippen LogP contribution >= 0.6 is 0 Å². The molecule has 1 aromatic carbocycles. The number of ether oxygens (including phenoxy) is 2. The fourth-order valence-electron chi connectivity index (χ4n) is 3.15. The molecule has 106 valence electrons. The van der Waals surface area contributed by atoms with E-state index in [1.54, 1.807) is 0 Å². The molecule has 2 heterocycles. The standard InChI is InChI=1S/C15H19N3O2/c16-10-3-1-9(2-4-10)15-17-11-7-13-14(8-12(11)18-15)20-6-5-19-13/h7-10H,1-6,16H2,(H,17,18). The summed E-state index contributed by atoms with van der Waals surface area (Å²) in [6, 6.07) is 4.33. The van der Waals surface area contributed by atoms with Gasteiger partial charge in [-0.1, -0.05) is 0 Å². The summed E-state index contributed by atoms with van der Waals surface area (Å²) in [5.41, 5.74) is 7.95. The van der Waals surface area contributed by atoms with Crippen molar-refractivity contribution in [3.63, 3.8) is 0 Å². The summed E-state index contributed by atoms with van der Waals surface area (Å²) in [6.07, 6.45) is 4.41. The van der Waals surface area contributed by atoms with Gasteiger partial charge in [0.15, 0.2) is 11.5 Å². The van der Waals surface area contributed by atoms with E-state index in [1.165, 1.54) is 0 Å². The molecule has 2 aromatic rings. The lowest BCUT2D eigenvalue weighted by Gasteiger charge is -2.24. The normalized spacial score (nSPS) is 25.9. The molecule has 0 bridgehead atoms. The molecule has 2 aliphatic rings. The molecule has 0 unspecified atom stereocenters. The second-order valence-electron chi connectivity index (χ2n) is 5.75. The van der Waals surface area contributed by atoms with Gasteiger partial charge in [-0.3, -0.25) is 0 Å². The van der Waals surface area contributed by atoms with E-state index in [1.807, 2.05) is 12.1 Å². The van der Waals surface area contributed by atoms with Crippen LogP contribution in [0, 0.1) is 0 Å². The Morgan fingerprint density at radius 1 is 1.05 bits per heavy atom. The van der Waals surface area contributed by atoms with Crippen molar-refractivity contribution in [2.45, 2.75) is 37.6 Å². The van der Waals surface area contributed by atoms with Crippen molar-refractivity contribution in [2.75, 3.05) is 13.2 Å². The first-order valence-electron chi connectivity index (χ1n) is 7.34. The Bertz CT molecular complexity index is 586. The van der Waals surface area contributed by atoms with E-state index in [0.29, 0.717) is 25.2 Å². The zero-order valence-corrected chi connectivity index (χ0v) is 11.4. The molecule has 1 fully saturated rings. The Morgan fingerprint density at radius 2 is 1.75 bits per heavy atom. The number of nitrogens with one attached hydrogen (secondary N) is 1. The van der Waals surface area contributed by atoms with Crippen molar-refractivity contribution in [2.24, 2.45) is 5.73 Å². The van der Waals surface area contributed by atoms with E-state index in [9.17, 15) is 0 Å². The van der Waals surface area contributed by atoms with E-state index < -0.39 is 0 Å². The highest BCUT2D eigenvalue weighted by molar-refractivity contribution is 5.80. The van der Waals surface area contributed by atoms with Crippen molar-refractivity contribution in [3.8, 4) is 11.5 Å². The first-order valence-corrected chi connectivity index (χ1v) is 7.34. The van der Waals surface area contributed by atoms with Gasteiger partial charge in [-0.15, -0.1) is 0 Å². The van der Waals surface area contributed by atoms with E-state index >= 15 is 0 Å². The number of aromatic amines is 1. The lowest BCUT2D eigenvalue weighted by atomic mass is 9.86. The number of rotatable bonds is 1. The minimum absolute atomic E-state index is 0.366. The third-order valence-corrected chi connectivity index (χ3v) is 4.32. The minimum atomic E-state index is 0.366. The predicted molar refractivity (Wildman–Crippen MR) is 76.3 cm³/mol. The van der Waals surface area contributed by atoms with Gasteiger partial charge in [-0.25, -0.2) is 4.98 Å². The molecule has 3 N–H and O–H groups in total. The SMILES string of the molecule is NC1CCC(c2nc3cc4c(cc3[nH]2)OCCO4)CC1. The number of aromatic nitrogens is 2. The molecule has 0 amide bonds. The minimum Gasteiger partial charge on any atom is -0.486 e. The summed E-state index contributed by atoms with van der Waals surface area (Å²) in [4.78, 5) is 8.18. The van der Waals surface area contributed by atoms with E-state index in [0.717, 1.165) is 54.0 Å². The van der Waals surface area contributed by atoms with Crippen LogP contribution in [0.4, 0.5) is 0 Å². The smallest absolute Gasteiger partial charge is 0.163 e. The molecule has 0 spiro atoms. The number of hydrogen-bond acceptors (Lipinski definition) is 4. The fourth-order valence-corrected chi connectivity index (χ4v) is 3.15. The van der Waals surface area contributed by atoms with Gasteiger partial charge in [0.25, 0.3) is 0 Å². The van der Waals surface area contributed by atoms with Crippen LogP contribution in [0.5, 0.6) is 11.5 Å². The zero-order valence-electron chi connectivity index (χ0n) is 11.4. The number of hydrogen-bond donors (Lipinski definition) is 2. The average Bonchev–Trinajstić information content (AvgIpc) is 2.88. The number of fused-ring (bicyclic) bond motifs is 2. The highest BCUT2D eigenvalue weighted by Gasteiger charge is 2.23. The molecule has 0 saturated heterocycles. The maximum absolute atomic E-state index is 5.97. The van der Waals surface area contributed by atoms with Crippen LogP contribution in [0.25, 0.3) is 11.0 Å². The molecular weight excluding hydrogens is 254 g/mol. The molecule has 5 nitrogen and oxygen atoms in total. The van der Waals surface area contributed by atoms with Crippen LogP contribution in [-0.4, -0.2) is 29.2 Å². The number of nitrogens with zero attached hydrogens (tertiary/aromatic N) is 1. The molecule has 1 aliphatic heterocycles. The highest BCUT2D eigenvalue weighted by atomic mass is 16.6.